The summed E-state index contributed by atoms with van der Waals surface area (Å²) in [5.41, 5.74) is 0.943. The lowest BCUT2D eigenvalue weighted by molar-refractivity contribution is -0.130. The van der Waals surface area contributed by atoms with Crippen LogP contribution >= 0.6 is 0 Å². The summed E-state index contributed by atoms with van der Waals surface area (Å²) in [6, 6.07) is 9.29. The Labute approximate surface area is 126 Å². The molecule has 0 N–H and O–H groups in total. The first-order valence-electron chi connectivity index (χ1n) is 7.67. The van der Waals surface area contributed by atoms with Gasteiger partial charge in [0.1, 0.15) is 12.6 Å². The summed E-state index contributed by atoms with van der Waals surface area (Å²) >= 11 is 0. The topological polar surface area (TPSA) is 46.6 Å². The fourth-order valence-electron chi connectivity index (χ4n) is 2.67. The van der Waals surface area contributed by atoms with Crippen molar-refractivity contribution in [3.05, 3.63) is 35.9 Å². The van der Waals surface area contributed by atoms with Gasteiger partial charge in [-0.25, -0.2) is 9.69 Å². The second-order valence-electron chi connectivity index (χ2n) is 5.72. The largest absolute Gasteiger partial charge is 0.446 e. The molecule has 114 valence electrons. The van der Waals surface area contributed by atoms with Crippen LogP contribution in [-0.4, -0.2) is 23.5 Å². The number of nitrogens with zero attached hydrogens (tertiary/aromatic N) is 1. The number of rotatable bonds is 6. The zero-order valence-electron chi connectivity index (χ0n) is 12.7. The Hall–Kier alpha value is -1.84. The van der Waals surface area contributed by atoms with Gasteiger partial charge < -0.3 is 4.74 Å². The SMILES string of the molecule is CCCCC(C)CC(=O)N1C(=O)OC[C@H]1c1ccccc1. The Kier molecular flexibility index (Phi) is 5.37. The first kappa shape index (κ1) is 15.5. The van der Waals surface area contributed by atoms with E-state index in [2.05, 4.69) is 13.8 Å². The lowest BCUT2D eigenvalue weighted by Crippen LogP contribution is -2.35. The van der Waals surface area contributed by atoms with Crippen molar-refractivity contribution in [1.29, 1.82) is 0 Å². The Balaban J connectivity index is 2.05. The maximum Gasteiger partial charge on any atom is 0.417 e. The van der Waals surface area contributed by atoms with E-state index in [0.29, 0.717) is 12.3 Å². The quantitative estimate of drug-likeness (QED) is 0.797. The number of hydrogen-bond donors (Lipinski definition) is 0. The summed E-state index contributed by atoms with van der Waals surface area (Å²) < 4.78 is 5.08. The number of carbonyl (C=O) groups excluding carboxylic acids is 2. The van der Waals surface area contributed by atoms with Crippen molar-refractivity contribution in [2.24, 2.45) is 5.92 Å². The second-order valence-corrected chi connectivity index (χ2v) is 5.72. The number of amides is 2. The number of imide groups is 1. The maximum atomic E-state index is 12.4. The number of ether oxygens (including phenoxy) is 1. The second kappa shape index (κ2) is 7.25. The van der Waals surface area contributed by atoms with Crippen LogP contribution in [-0.2, 0) is 9.53 Å². The molecule has 0 saturated carbocycles. The molecule has 1 heterocycles. The first-order chi connectivity index (χ1) is 10.1. The van der Waals surface area contributed by atoms with Gasteiger partial charge in [-0.2, -0.15) is 0 Å². The van der Waals surface area contributed by atoms with Crippen molar-refractivity contribution in [3.63, 3.8) is 0 Å². The van der Waals surface area contributed by atoms with Gasteiger partial charge in [-0.05, 0) is 11.5 Å². The third kappa shape index (κ3) is 3.84. The van der Waals surface area contributed by atoms with E-state index in [-0.39, 0.29) is 18.6 Å². The molecule has 4 heteroatoms. The molecule has 21 heavy (non-hydrogen) atoms. The minimum atomic E-state index is -0.517. The van der Waals surface area contributed by atoms with Crippen LogP contribution in [0.15, 0.2) is 30.3 Å². The van der Waals surface area contributed by atoms with Crippen molar-refractivity contribution in [3.8, 4) is 0 Å². The van der Waals surface area contributed by atoms with Crippen LogP contribution in [0.4, 0.5) is 4.79 Å². The Morgan fingerprint density at radius 3 is 2.76 bits per heavy atom. The number of cyclic esters (lactones) is 1. The monoisotopic (exact) mass is 289 g/mol. The van der Waals surface area contributed by atoms with Crippen molar-refractivity contribution in [1.82, 2.24) is 4.90 Å². The molecule has 2 rings (SSSR count). The Morgan fingerprint density at radius 2 is 2.10 bits per heavy atom. The normalized spacial score (nSPS) is 19.4. The minimum absolute atomic E-state index is 0.130. The van der Waals surface area contributed by atoms with Gasteiger partial charge in [0.15, 0.2) is 0 Å². The molecule has 0 bridgehead atoms. The van der Waals surface area contributed by atoms with E-state index in [4.69, 9.17) is 4.74 Å². The van der Waals surface area contributed by atoms with Gasteiger partial charge in [0.25, 0.3) is 0 Å². The highest BCUT2D eigenvalue weighted by Crippen LogP contribution is 2.29. The highest BCUT2D eigenvalue weighted by Gasteiger charge is 2.38. The van der Waals surface area contributed by atoms with Gasteiger partial charge in [-0.3, -0.25) is 4.79 Å². The molecule has 1 aromatic rings. The molecule has 1 saturated heterocycles. The van der Waals surface area contributed by atoms with E-state index >= 15 is 0 Å². The number of unbranched alkanes of at least 4 members (excludes halogenated alkanes) is 1. The van der Waals surface area contributed by atoms with Gasteiger partial charge in [0.2, 0.25) is 5.91 Å². The predicted octanol–water partition coefficient (Wildman–Crippen LogP) is 3.92. The van der Waals surface area contributed by atoms with Crippen molar-refractivity contribution < 1.29 is 14.3 Å². The number of hydrogen-bond acceptors (Lipinski definition) is 3. The summed E-state index contributed by atoms with van der Waals surface area (Å²) in [7, 11) is 0. The summed E-state index contributed by atoms with van der Waals surface area (Å²) in [6.07, 6.45) is 3.13. The molecule has 4 nitrogen and oxygen atoms in total. The predicted molar refractivity (Wildman–Crippen MR) is 80.7 cm³/mol. The maximum absolute atomic E-state index is 12.4. The van der Waals surface area contributed by atoms with Crippen LogP contribution in [0.3, 0.4) is 0 Å². The van der Waals surface area contributed by atoms with Gasteiger partial charge >= 0.3 is 6.09 Å². The Morgan fingerprint density at radius 1 is 1.38 bits per heavy atom. The van der Waals surface area contributed by atoms with Gasteiger partial charge in [-0.15, -0.1) is 0 Å². The van der Waals surface area contributed by atoms with Gasteiger partial charge in [0, 0.05) is 6.42 Å². The van der Waals surface area contributed by atoms with Crippen molar-refractivity contribution >= 4 is 12.0 Å². The van der Waals surface area contributed by atoms with Crippen LogP contribution < -0.4 is 0 Å². The van der Waals surface area contributed by atoms with Gasteiger partial charge in [0.05, 0.1) is 0 Å². The Bertz CT molecular complexity index is 486. The van der Waals surface area contributed by atoms with Crippen molar-refractivity contribution in [2.75, 3.05) is 6.61 Å². The molecule has 1 aliphatic heterocycles. The summed E-state index contributed by atoms with van der Waals surface area (Å²) in [4.78, 5) is 25.6. The molecule has 0 aromatic heterocycles. The molecule has 1 fully saturated rings. The van der Waals surface area contributed by atoms with E-state index in [1.807, 2.05) is 30.3 Å². The fraction of sp³-hybridized carbons (Fsp3) is 0.529. The molecule has 1 aromatic carbocycles. The minimum Gasteiger partial charge on any atom is -0.446 e. The molecule has 0 spiro atoms. The molecule has 1 aliphatic rings. The van der Waals surface area contributed by atoms with E-state index in [1.165, 1.54) is 4.90 Å². The number of benzene rings is 1. The highest BCUT2D eigenvalue weighted by molar-refractivity contribution is 5.93. The molecular formula is C17H23NO3. The van der Waals surface area contributed by atoms with E-state index < -0.39 is 6.09 Å². The van der Waals surface area contributed by atoms with E-state index in [1.54, 1.807) is 0 Å². The summed E-state index contributed by atoms with van der Waals surface area (Å²) in [6.45, 7) is 4.45. The molecular weight excluding hydrogens is 266 g/mol. The lowest BCUT2D eigenvalue weighted by atomic mass is 9.99. The highest BCUT2D eigenvalue weighted by atomic mass is 16.6. The first-order valence-corrected chi connectivity index (χ1v) is 7.67. The zero-order valence-corrected chi connectivity index (χ0v) is 12.7. The average molecular weight is 289 g/mol. The standard InChI is InChI=1S/C17H23NO3/c1-3-4-8-13(2)11-16(19)18-15(12-21-17(18)20)14-9-6-5-7-10-14/h5-7,9-10,13,15H,3-4,8,11-12H2,1-2H3/t13?,15-/m0/s1. The average Bonchev–Trinajstić information content (AvgIpc) is 2.88. The smallest absolute Gasteiger partial charge is 0.417 e. The molecule has 0 radical (unpaired) electrons. The van der Waals surface area contributed by atoms with Crippen LogP contribution in [0.2, 0.25) is 0 Å². The number of carbonyl (C=O) groups is 2. The van der Waals surface area contributed by atoms with Crippen LogP contribution in [0.1, 0.15) is 51.1 Å². The van der Waals surface area contributed by atoms with E-state index in [0.717, 1.165) is 24.8 Å². The lowest BCUT2D eigenvalue weighted by Gasteiger charge is -2.21. The molecule has 0 aliphatic carbocycles. The van der Waals surface area contributed by atoms with Crippen LogP contribution in [0.25, 0.3) is 0 Å². The van der Waals surface area contributed by atoms with Gasteiger partial charge in [-0.1, -0.05) is 63.4 Å². The fourth-order valence-corrected chi connectivity index (χ4v) is 2.67. The molecule has 2 amide bonds. The van der Waals surface area contributed by atoms with Crippen molar-refractivity contribution in [2.45, 2.75) is 45.6 Å². The molecule has 2 atom stereocenters. The zero-order chi connectivity index (χ0) is 15.2. The van der Waals surface area contributed by atoms with E-state index in [9.17, 15) is 9.59 Å². The summed E-state index contributed by atoms with van der Waals surface area (Å²) in [5.74, 6) is 0.164. The summed E-state index contributed by atoms with van der Waals surface area (Å²) in [5, 5.41) is 0. The van der Waals surface area contributed by atoms with Crippen LogP contribution in [0, 0.1) is 5.92 Å². The van der Waals surface area contributed by atoms with Crippen LogP contribution in [0.5, 0.6) is 0 Å². The third-order valence-corrected chi connectivity index (χ3v) is 3.90. The third-order valence-electron chi connectivity index (χ3n) is 3.90. The molecule has 1 unspecified atom stereocenters.